The van der Waals surface area contributed by atoms with Gasteiger partial charge < -0.3 is 4.74 Å². The summed E-state index contributed by atoms with van der Waals surface area (Å²) in [5.41, 5.74) is 2.23. The summed E-state index contributed by atoms with van der Waals surface area (Å²) in [4.78, 5) is 16.1. The third-order valence-electron chi connectivity index (χ3n) is 3.04. The molecule has 3 nitrogen and oxygen atoms in total. The number of esters is 1. The second-order valence-electron chi connectivity index (χ2n) is 4.64. The van der Waals surface area contributed by atoms with Crippen molar-refractivity contribution in [1.82, 2.24) is 0 Å². The average Bonchev–Trinajstić information content (AvgIpc) is 2.82. The third-order valence-corrected chi connectivity index (χ3v) is 3.29. The topological polar surface area (TPSA) is 38.7 Å². The molecule has 0 fully saturated rings. The molecular formula is C17H12ClNO2. The number of hydrogen-bond donors (Lipinski definition) is 0. The Hall–Kier alpha value is -2.39. The maximum Gasteiger partial charge on any atom is 0.363 e. The maximum atomic E-state index is 11.8. The summed E-state index contributed by atoms with van der Waals surface area (Å²) in [5, 5.41) is 0.675. The van der Waals surface area contributed by atoms with Crippen LogP contribution in [0.15, 0.2) is 65.3 Å². The number of nitrogens with zero attached hydrogens (tertiary/aromatic N) is 1. The molecule has 0 saturated heterocycles. The summed E-state index contributed by atoms with van der Waals surface area (Å²) in [7, 11) is 0. The van der Waals surface area contributed by atoms with Crippen LogP contribution in [0, 0.1) is 0 Å². The van der Waals surface area contributed by atoms with Crippen molar-refractivity contribution in [1.29, 1.82) is 0 Å². The zero-order valence-corrected chi connectivity index (χ0v) is 11.9. The van der Waals surface area contributed by atoms with Gasteiger partial charge in [0.2, 0.25) is 5.90 Å². The minimum Gasteiger partial charge on any atom is -0.406 e. The highest BCUT2D eigenvalue weighted by Crippen LogP contribution is 2.18. The Morgan fingerprint density at radius 2 is 1.76 bits per heavy atom. The van der Waals surface area contributed by atoms with Crippen molar-refractivity contribution in [2.24, 2.45) is 4.99 Å². The molecule has 0 atom stereocenters. The standard InChI is InChI=1S/C17H12ClNO2/c18-14-8-6-13(7-9-14)11-16-19-15(17(20)21-16)10-12-4-2-1-3-5-12/h1-10H,11H2/b15-10+. The first-order chi connectivity index (χ1) is 10.2. The number of cyclic esters (lactones) is 1. The molecule has 3 rings (SSSR count). The summed E-state index contributed by atoms with van der Waals surface area (Å²) < 4.78 is 5.19. The molecule has 0 amide bonds. The van der Waals surface area contributed by atoms with Crippen molar-refractivity contribution in [3.8, 4) is 0 Å². The quantitative estimate of drug-likeness (QED) is 0.637. The lowest BCUT2D eigenvalue weighted by atomic mass is 10.1. The summed E-state index contributed by atoms with van der Waals surface area (Å²) in [5.74, 6) is -0.00711. The smallest absolute Gasteiger partial charge is 0.363 e. The average molecular weight is 298 g/mol. The SMILES string of the molecule is O=C1OC(Cc2ccc(Cl)cc2)=N/C1=C/c1ccccc1. The molecule has 0 radical (unpaired) electrons. The van der Waals surface area contributed by atoms with Gasteiger partial charge in [0, 0.05) is 11.4 Å². The highest BCUT2D eigenvalue weighted by Gasteiger charge is 2.22. The summed E-state index contributed by atoms with van der Waals surface area (Å²) in [6.07, 6.45) is 2.19. The van der Waals surface area contributed by atoms with Gasteiger partial charge in [0.25, 0.3) is 0 Å². The molecule has 1 aliphatic heterocycles. The minimum atomic E-state index is -0.414. The van der Waals surface area contributed by atoms with Gasteiger partial charge in [-0.25, -0.2) is 9.79 Å². The molecule has 0 aromatic heterocycles. The normalized spacial score (nSPS) is 16.0. The molecule has 1 heterocycles. The summed E-state index contributed by atoms with van der Waals surface area (Å²) >= 11 is 5.84. The van der Waals surface area contributed by atoms with Crippen molar-refractivity contribution in [3.63, 3.8) is 0 Å². The van der Waals surface area contributed by atoms with E-state index in [9.17, 15) is 4.79 Å². The largest absolute Gasteiger partial charge is 0.406 e. The van der Waals surface area contributed by atoms with Crippen LogP contribution < -0.4 is 0 Å². The number of rotatable bonds is 3. The molecule has 0 unspecified atom stereocenters. The third kappa shape index (κ3) is 3.38. The van der Waals surface area contributed by atoms with E-state index in [2.05, 4.69) is 4.99 Å². The Balaban J connectivity index is 1.79. The molecule has 0 spiro atoms. The fourth-order valence-corrected chi connectivity index (χ4v) is 2.14. The number of hydrogen-bond acceptors (Lipinski definition) is 3. The van der Waals surface area contributed by atoms with Crippen LogP contribution in [0.25, 0.3) is 6.08 Å². The van der Waals surface area contributed by atoms with Gasteiger partial charge in [-0.05, 0) is 29.3 Å². The van der Waals surface area contributed by atoms with Gasteiger partial charge in [0.05, 0.1) is 0 Å². The van der Waals surface area contributed by atoms with Gasteiger partial charge in [-0.3, -0.25) is 0 Å². The van der Waals surface area contributed by atoms with Crippen LogP contribution in [-0.4, -0.2) is 11.9 Å². The molecule has 2 aromatic carbocycles. The predicted octanol–water partition coefficient (Wildman–Crippen LogP) is 3.88. The molecule has 4 heteroatoms. The minimum absolute atomic E-state index is 0.324. The van der Waals surface area contributed by atoms with E-state index in [-0.39, 0.29) is 0 Å². The highest BCUT2D eigenvalue weighted by molar-refractivity contribution is 6.30. The van der Waals surface area contributed by atoms with Crippen molar-refractivity contribution >= 4 is 29.5 Å². The number of benzene rings is 2. The summed E-state index contributed by atoms with van der Waals surface area (Å²) in [6, 6.07) is 16.9. The second-order valence-corrected chi connectivity index (χ2v) is 5.08. The Bertz CT molecular complexity index is 718. The molecule has 0 aliphatic carbocycles. The number of aliphatic imine (C=N–C) groups is 1. The molecule has 0 bridgehead atoms. The zero-order chi connectivity index (χ0) is 14.7. The van der Waals surface area contributed by atoms with Crippen LogP contribution >= 0.6 is 11.6 Å². The molecule has 104 valence electrons. The molecule has 1 aliphatic rings. The maximum absolute atomic E-state index is 11.8. The number of carbonyl (C=O) groups excluding carboxylic acids is 1. The van der Waals surface area contributed by atoms with Crippen molar-refractivity contribution in [2.75, 3.05) is 0 Å². The zero-order valence-electron chi connectivity index (χ0n) is 11.1. The Morgan fingerprint density at radius 1 is 1.05 bits per heavy atom. The molecule has 0 N–H and O–H groups in total. The van der Waals surface area contributed by atoms with E-state index in [1.165, 1.54) is 0 Å². The van der Waals surface area contributed by atoms with Crippen LogP contribution in [0.2, 0.25) is 5.02 Å². The molecule has 2 aromatic rings. The van der Waals surface area contributed by atoms with Gasteiger partial charge in [-0.15, -0.1) is 0 Å². The van der Waals surface area contributed by atoms with Crippen molar-refractivity contribution < 1.29 is 9.53 Å². The van der Waals surface area contributed by atoms with Crippen molar-refractivity contribution in [2.45, 2.75) is 6.42 Å². The number of carbonyl (C=O) groups is 1. The van der Waals surface area contributed by atoms with Crippen LogP contribution in [0.5, 0.6) is 0 Å². The Labute approximate surface area is 127 Å². The van der Waals surface area contributed by atoms with Gasteiger partial charge in [-0.2, -0.15) is 0 Å². The van der Waals surface area contributed by atoms with E-state index >= 15 is 0 Å². The van der Waals surface area contributed by atoms with E-state index in [0.717, 1.165) is 11.1 Å². The van der Waals surface area contributed by atoms with Crippen LogP contribution in [0.4, 0.5) is 0 Å². The highest BCUT2D eigenvalue weighted by atomic mass is 35.5. The fraction of sp³-hybridized carbons (Fsp3) is 0.0588. The van der Waals surface area contributed by atoms with Crippen LogP contribution in [0.3, 0.4) is 0 Å². The second kappa shape index (κ2) is 5.94. The Morgan fingerprint density at radius 3 is 2.48 bits per heavy atom. The van der Waals surface area contributed by atoms with Crippen LogP contribution in [0.1, 0.15) is 11.1 Å². The van der Waals surface area contributed by atoms with Gasteiger partial charge >= 0.3 is 5.97 Å². The first kappa shape index (κ1) is 13.6. The van der Waals surface area contributed by atoms with E-state index < -0.39 is 5.97 Å². The Kier molecular flexibility index (Phi) is 3.84. The summed E-state index contributed by atoms with van der Waals surface area (Å²) in [6.45, 7) is 0. The lowest BCUT2D eigenvalue weighted by Gasteiger charge is -1.99. The molecule has 21 heavy (non-hydrogen) atoms. The number of halogens is 1. The van der Waals surface area contributed by atoms with E-state index in [0.29, 0.717) is 23.0 Å². The van der Waals surface area contributed by atoms with E-state index in [4.69, 9.17) is 16.3 Å². The predicted molar refractivity (Wildman–Crippen MR) is 83.1 cm³/mol. The van der Waals surface area contributed by atoms with E-state index in [1.54, 1.807) is 18.2 Å². The van der Waals surface area contributed by atoms with Crippen LogP contribution in [-0.2, 0) is 16.0 Å². The van der Waals surface area contributed by atoms with Crippen molar-refractivity contribution in [3.05, 3.63) is 76.4 Å². The van der Waals surface area contributed by atoms with Gasteiger partial charge in [0.1, 0.15) is 0 Å². The van der Waals surface area contributed by atoms with E-state index in [1.807, 2.05) is 42.5 Å². The number of ether oxygens (including phenoxy) is 1. The fourth-order valence-electron chi connectivity index (χ4n) is 2.01. The monoisotopic (exact) mass is 297 g/mol. The first-order valence-corrected chi connectivity index (χ1v) is 6.89. The van der Waals surface area contributed by atoms with Gasteiger partial charge in [0.15, 0.2) is 5.70 Å². The molecule has 0 saturated carbocycles. The lowest BCUT2D eigenvalue weighted by molar-refractivity contribution is -0.130. The first-order valence-electron chi connectivity index (χ1n) is 6.52. The lowest BCUT2D eigenvalue weighted by Crippen LogP contribution is -2.06. The van der Waals surface area contributed by atoms with Gasteiger partial charge in [-0.1, -0.05) is 54.1 Å². The molecular weight excluding hydrogens is 286 g/mol.